The highest BCUT2D eigenvalue weighted by atomic mass is 32.1. The summed E-state index contributed by atoms with van der Waals surface area (Å²) in [5, 5.41) is 2.08. The number of thiophene rings is 1. The van der Waals surface area contributed by atoms with Gasteiger partial charge in [0, 0.05) is 25.7 Å². The number of fused-ring (bicyclic) bond motifs is 1. The van der Waals surface area contributed by atoms with Crippen molar-refractivity contribution in [3.8, 4) is 0 Å². The highest BCUT2D eigenvalue weighted by Gasteiger charge is 2.23. The predicted octanol–water partition coefficient (Wildman–Crippen LogP) is 3.43. The molecule has 0 radical (unpaired) electrons. The van der Waals surface area contributed by atoms with Gasteiger partial charge in [-0.1, -0.05) is 12.1 Å². The second-order valence-electron chi connectivity index (χ2n) is 6.70. The number of hydrogen-bond donors (Lipinski definition) is 1. The van der Waals surface area contributed by atoms with Crippen molar-refractivity contribution in [2.45, 2.75) is 32.4 Å². The Balaban J connectivity index is 1.45. The molecule has 130 valence electrons. The Kier molecular flexibility index (Phi) is 4.31. The lowest BCUT2D eigenvalue weighted by molar-refractivity contribution is 0.102. The van der Waals surface area contributed by atoms with Gasteiger partial charge in [-0.25, -0.2) is 4.79 Å². The number of likely N-dealkylation sites (tertiary alicyclic amines) is 1. The van der Waals surface area contributed by atoms with Crippen LogP contribution in [-0.2, 0) is 6.54 Å². The number of benzene rings is 1. The van der Waals surface area contributed by atoms with Crippen LogP contribution in [0.15, 0.2) is 40.5 Å². The molecule has 1 saturated heterocycles. The van der Waals surface area contributed by atoms with E-state index < -0.39 is 0 Å². The van der Waals surface area contributed by atoms with E-state index in [0.29, 0.717) is 0 Å². The summed E-state index contributed by atoms with van der Waals surface area (Å²) < 4.78 is 1.92. The first-order valence-corrected chi connectivity index (χ1v) is 9.50. The summed E-state index contributed by atoms with van der Waals surface area (Å²) in [5.74, 6) is 0.133. The SMILES string of the molecule is CC(=O)c1cc(CN2CCC(n3c(=O)[nH]c4ccccc43)CC2)cs1. The molecule has 1 N–H and O–H groups in total. The third-order valence-electron chi connectivity index (χ3n) is 4.95. The third kappa shape index (κ3) is 3.19. The van der Waals surface area contributed by atoms with Crippen molar-refractivity contribution in [1.82, 2.24) is 14.5 Å². The lowest BCUT2D eigenvalue weighted by Crippen LogP contribution is -2.36. The summed E-state index contributed by atoms with van der Waals surface area (Å²) in [4.78, 5) is 30.0. The Morgan fingerprint density at radius 1 is 1.28 bits per heavy atom. The normalized spacial score (nSPS) is 16.5. The maximum atomic E-state index is 12.3. The van der Waals surface area contributed by atoms with Gasteiger partial charge < -0.3 is 4.98 Å². The molecule has 2 aromatic heterocycles. The monoisotopic (exact) mass is 355 g/mol. The lowest BCUT2D eigenvalue weighted by Gasteiger charge is -2.32. The van der Waals surface area contributed by atoms with Crippen LogP contribution in [0.2, 0.25) is 0 Å². The highest BCUT2D eigenvalue weighted by molar-refractivity contribution is 7.12. The largest absolute Gasteiger partial charge is 0.326 e. The molecule has 3 aromatic rings. The zero-order valence-corrected chi connectivity index (χ0v) is 15.0. The van der Waals surface area contributed by atoms with E-state index in [9.17, 15) is 9.59 Å². The quantitative estimate of drug-likeness (QED) is 0.730. The van der Waals surface area contributed by atoms with Crippen molar-refractivity contribution < 1.29 is 4.79 Å². The van der Waals surface area contributed by atoms with Crippen LogP contribution < -0.4 is 5.69 Å². The number of carbonyl (C=O) groups is 1. The van der Waals surface area contributed by atoms with Crippen molar-refractivity contribution in [2.24, 2.45) is 0 Å². The van der Waals surface area contributed by atoms with Crippen LogP contribution in [0.4, 0.5) is 0 Å². The first-order valence-electron chi connectivity index (χ1n) is 8.62. The molecule has 0 unspecified atom stereocenters. The summed E-state index contributed by atoms with van der Waals surface area (Å²) >= 11 is 1.52. The molecule has 5 nitrogen and oxygen atoms in total. The molecule has 0 aliphatic carbocycles. The molecule has 1 aliphatic heterocycles. The predicted molar refractivity (Wildman–Crippen MR) is 100 cm³/mol. The van der Waals surface area contributed by atoms with Crippen molar-refractivity contribution in [2.75, 3.05) is 13.1 Å². The number of hydrogen-bond acceptors (Lipinski definition) is 4. The Bertz CT molecular complexity index is 960. The summed E-state index contributed by atoms with van der Waals surface area (Å²) in [7, 11) is 0. The summed E-state index contributed by atoms with van der Waals surface area (Å²) in [6, 6.07) is 10.1. The van der Waals surface area contributed by atoms with Crippen molar-refractivity contribution in [1.29, 1.82) is 0 Å². The van der Waals surface area contributed by atoms with E-state index in [4.69, 9.17) is 0 Å². The van der Waals surface area contributed by atoms with Crippen molar-refractivity contribution in [3.05, 3.63) is 56.6 Å². The minimum absolute atomic E-state index is 0.0106. The van der Waals surface area contributed by atoms with Crippen LogP contribution in [0.5, 0.6) is 0 Å². The van der Waals surface area contributed by atoms with Crippen LogP contribution in [0, 0.1) is 0 Å². The number of para-hydroxylation sites is 2. The number of aromatic amines is 1. The number of Topliss-reactive ketones (excluding diaryl/α,β-unsaturated/α-hetero) is 1. The van der Waals surface area contributed by atoms with Crippen molar-refractivity contribution in [3.63, 3.8) is 0 Å². The Hall–Kier alpha value is -2.18. The molecule has 1 fully saturated rings. The number of nitrogens with one attached hydrogen (secondary N) is 1. The van der Waals surface area contributed by atoms with Gasteiger partial charge in [-0.2, -0.15) is 0 Å². The number of aromatic nitrogens is 2. The summed E-state index contributed by atoms with van der Waals surface area (Å²) in [6.45, 7) is 4.41. The molecule has 25 heavy (non-hydrogen) atoms. The molecule has 6 heteroatoms. The number of H-pyrrole nitrogens is 1. The minimum atomic E-state index is -0.0106. The van der Waals surface area contributed by atoms with Crippen LogP contribution in [0.3, 0.4) is 0 Å². The van der Waals surface area contributed by atoms with E-state index in [0.717, 1.165) is 48.4 Å². The Labute approximate surface area is 149 Å². The Morgan fingerprint density at radius 2 is 2.04 bits per heavy atom. The Morgan fingerprint density at radius 3 is 2.76 bits per heavy atom. The number of carbonyl (C=O) groups excluding carboxylic acids is 1. The summed E-state index contributed by atoms with van der Waals surface area (Å²) in [5.41, 5.74) is 3.10. The molecule has 0 amide bonds. The minimum Gasteiger partial charge on any atom is -0.306 e. The molecule has 0 spiro atoms. The van der Waals surface area contributed by atoms with Gasteiger partial charge in [-0.15, -0.1) is 11.3 Å². The van der Waals surface area contributed by atoms with Gasteiger partial charge in [0.2, 0.25) is 0 Å². The zero-order chi connectivity index (χ0) is 17.4. The maximum Gasteiger partial charge on any atom is 0.326 e. The number of nitrogens with zero attached hydrogens (tertiary/aromatic N) is 2. The first kappa shape index (κ1) is 16.3. The topological polar surface area (TPSA) is 58.1 Å². The maximum absolute atomic E-state index is 12.3. The number of imidazole rings is 1. The fraction of sp³-hybridized carbons (Fsp3) is 0.368. The van der Waals surface area contributed by atoms with Crippen LogP contribution >= 0.6 is 11.3 Å². The van der Waals surface area contributed by atoms with E-state index in [-0.39, 0.29) is 17.5 Å². The van der Waals surface area contributed by atoms with Crippen molar-refractivity contribution >= 4 is 28.2 Å². The highest BCUT2D eigenvalue weighted by Crippen LogP contribution is 2.26. The van der Waals surface area contributed by atoms with E-state index in [2.05, 4.69) is 15.3 Å². The number of rotatable bonds is 4. The lowest BCUT2D eigenvalue weighted by atomic mass is 10.0. The zero-order valence-electron chi connectivity index (χ0n) is 14.2. The molecular weight excluding hydrogens is 334 g/mol. The molecule has 0 atom stereocenters. The fourth-order valence-electron chi connectivity index (χ4n) is 3.67. The van der Waals surface area contributed by atoms with Gasteiger partial charge in [0.1, 0.15) is 0 Å². The average Bonchev–Trinajstić information content (AvgIpc) is 3.19. The van der Waals surface area contributed by atoms with Crippen LogP contribution in [0.1, 0.15) is 41.0 Å². The van der Waals surface area contributed by atoms with E-state index in [1.807, 2.05) is 34.9 Å². The summed E-state index contributed by atoms with van der Waals surface area (Å²) in [6.07, 6.45) is 1.93. The second-order valence-corrected chi connectivity index (χ2v) is 7.61. The van der Waals surface area contributed by atoms with Gasteiger partial charge >= 0.3 is 5.69 Å². The molecular formula is C19H21N3O2S. The van der Waals surface area contributed by atoms with E-state index in [1.165, 1.54) is 16.9 Å². The number of ketones is 1. The standard InChI is InChI=1S/C19H21N3O2S/c1-13(23)18-10-14(12-25-18)11-21-8-6-15(7-9-21)22-17-5-3-2-4-16(17)20-19(22)24/h2-5,10,12,15H,6-9,11H2,1H3,(H,20,24). The fourth-order valence-corrected chi connectivity index (χ4v) is 4.48. The second kappa shape index (κ2) is 6.61. The first-order chi connectivity index (χ1) is 12.1. The van der Waals surface area contributed by atoms with Gasteiger partial charge in [0.05, 0.1) is 15.9 Å². The molecule has 0 bridgehead atoms. The smallest absolute Gasteiger partial charge is 0.306 e. The number of piperidine rings is 1. The third-order valence-corrected chi connectivity index (χ3v) is 6.03. The molecule has 0 saturated carbocycles. The van der Waals surface area contributed by atoms with Gasteiger partial charge in [-0.3, -0.25) is 14.3 Å². The van der Waals surface area contributed by atoms with Gasteiger partial charge in [0.15, 0.2) is 5.78 Å². The molecule has 4 rings (SSSR count). The molecule has 1 aliphatic rings. The van der Waals surface area contributed by atoms with Gasteiger partial charge in [0.25, 0.3) is 0 Å². The molecule has 1 aromatic carbocycles. The average molecular weight is 355 g/mol. The van der Waals surface area contributed by atoms with Crippen LogP contribution in [0.25, 0.3) is 11.0 Å². The van der Waals surface area contributed by atoms with Gasteiger partial charge in [-0.05, 0) is 48.9 Å². The molecule has 3 heterocycles. The van der Waals surface area contributed by atoms with E-state index in [1.54, 1.807) is 6.92 Å². The van der Waals surface area contributed by atoms with E-state index >= 15 is 0 Å². The van der Waals surface area contributed by atoms with Crippen LogP contribution in [-0.4, -0.2) is 33.3 Å².